The van der Waals surface area contributed by atoms with Gasteiger partial charge in [0.05, 0.1) is 7.11 Å². The summed E-state index contributed by atoms with van der Waals surface area (Å²) < 4.78 is 13.0. The Bertz CT molecular complexity index is 1300. The number of benzene rings is 3. The van der Waals surface area contributed by atoms with E-state index in [9.17, 15) is 0 Å². The number of H-pyrrole nitrogens is 1. The van der Waals surface area contributed by atoms with Gasteiger partial charge in [0.2, 0.25) is 0 Å². The summed E-state index contributed by atoms with van der Waals surface area (Å²) in [4.78, 5) is 6.25. The summed E-state index contributed by atoms with van der Waals surface area (Å²) >= 11 is 3.49. The Morgan fingerprint density at radius 3 is 2.75 bits per heavy atom. The molecular weight excluding hydrogens is 464 g/mol. The van der Waals surface area contributed by atoms with Crippen LogP contribution in [0.2, 0.25) is 0 Å². The summed E-state index contributed by atoms with van der Waals surface area (Å²) in [5.41, 5.74) is 7.96. The number of aromatic nitrogens is 1. The van der Waals surface area contributed by atoms with Crippen LogP contribution in [-0.4, -0.2) is 23.5 Å². The van der Waals surface area contributed by atoms with Crippen LogP contribution in [0.15, 0.2) is 65.1 Å². The van der Waals surface area contributed by atoms with Crippen molar-refractivity contribution in [2.75, 3.05) is 13.7 Å². The number of hydrogen-bond acceptors (Lipinski definition) is 3. The van der Waals surface area contributed by atoms with Crippen molar-refractivity contribution in [2.45, 2.75) is 32.0 Å². The summed E-state index contributed by atoms with van der Waals surface area (Å²) in [6.45, 7) is 2.56. The zero-order valence-electron chi connectivity index (χ0n) is 18.0. The van der Waals surface area contributed by atoms with Gasteiger partial charge in [0, 0.05) is 40.2 Å². The van der Waals surface area contributed by atoms with Crippen LogP contribution in [0, 0.1) is 0 Å². The third kappa shape index (κ3) is 3.40. The van der Waals surface area contributed by atoms with E-state index < -0.39 is 0 Å². The van der Waals surface area contributed by atoms with Crippen LogP contribution in [0.5, 0.6) is 11.5 Å². The maximum atomic E-state index is 6.20. The van der Waals surface area contributed by atoms with Gasteiger partial charge in [-0.1, -0.05) is 46.3 Å². The van der Waals surface area contributed by atoms with E-state index in [2.05, 4.69) is 74.3 Å². The maximum Gasteiger partial charge on any atom is 0.161 e. The van der Waals surface area contributed by atoms with Crippen molar-refractivity contribution >= 4 is 26.8 Å². The Kier molecular flexibility index (Phi) is 4.96. The minimum atomic E-state index is 0.375. The number of ether oxygens (including phenoxy) is 2. The van der Waals surface area contributed by atoms with Gasteiger partial charge in [-0.15, -0.1) is 0 Å². The van der Waals surface area contributed by atoms with Crippen molar-refractivity contribution in [3.05, 3.63) is 93.1 Å². The van der Waals surface area contributed by atoms with E-state index in [-0.39, 0.29) is 0 Å². The number of methoxy groups -OCH3 is 1. The summed E-state index contributed by atoms with van der Waals surface area (Å²) in [6, 6.07) is 21.7. The van der Waals surface area contributed by atoms with E-state index >= 15 is 0 Å². The highest BCUT2D eigenvalue weighted by Crippen LogP contribution is 2.43. The number of rotatable bonds is 4. The monoisotopic (exact) mass is 488 g/mol. The number of fused-ring (bicyclic) bond motifs is 6. The number of nitrogens with zero attached hydrogens (tertiary/aromatic N) is 1. The number of nitrogens with one attached hydrogen (secondary N) is 1. The molecule has 1 unspecified atom stereocenters. The summed E-state index contributed by atoms with van der Waals surface area (Å²) in [7, 11) is 1.73. The molecule has 1 aromatic heterocycles. The van der Waals surface area contributed by atoms with Gasteiger partial charge in [-0.25, -0.2) is 0 Å². The van der Waals surface area contributed by atoms with Crippen LogP contribution in [0.3, 0.4) is 0 Å². The van der Waals surface area contributed by atoms with E-state index in [1.807, 2.05) is 12.1 Å². The molecule has 0 saturated carbocycles. The van der Waals surface area contributed by atoms with Crippen molar-refractivity contribution in [1.82, 2.24) is 9.88 Å². The Morgan fingerprint density at radius 2 is 1.91 bits per heavy atom. The number of hydrogen-bond donors (Lipinski definition) is 1. The SMILES string of the molecule is COc1cc2c(cc1OCc1ccc(Br)cc1)CCN1Cc3[nH]c4ccccc4c3CC21. The second kappa shape index (κ2) is 7.98. The molecule has 3 heterocycles. The molecule has 3 aromatic carbocycles. The molecule has 0 radical (unpaired) electrons. The first kappa shape index (κ1) is 19.9. The van der Waals surface area contributed by atoms with Crippen molar-refractivity contribution < 1.29 is 9.47 Å². The minimum Gasteiger partial charge on any atom is -0.493 e. The van der Waals surface area contributed by atoms with Gasteiger partial charge in [0.15, 0.2) is 11.5 Å². The molecule has 4 nitrogen and oxygen atoms in total. The minimum absolute atomic E-state index is 0.375. The van der Waals surface area contributed by atoms with Crippen molar-refractivity contribution in [1.29, 1.82) is 0 Å². The fourth-order valence-corrected chi connectivity index (χ4v) is 5.49. The average Bonchev–Trinajstić information content (AvgIpc) is 3.19. The second-order valence-corrected chi connectivity index (χ2v) is 9.60. The summed E-state index contributed by atoms with van der Waals surface area (Å²) in [6.07, 6.45) is 2.05. The fraction of sp³-hybridized carbons (Fsp3) is 0.259. The lowest BCUT2D eigenvalue weighted by Gasteiger charge is -2.40. The molecule has 32 heavy (non-hydrogen) atoms. The highest BCUT2D eigenvalue weighted by atomic mass is 79.9. The van der Waals surface area contributed by atoms with Gasteiger partial charge >= 0.3 is 0 Å². The van der Waals surface area contributed by atoms with Crippen molar-refractivity contribution in [3.63, 3.8) is 0 Å². The third-order valence-electron chi connectivity index (χ3n) is 6.86. The molecule has 1 N–H and O–H groups in total. The number of halogens is 1. The molecule has 6 rings (SSSR count). The first-order chi connectivity index (χ1) is 15.7. The topological polar surface area (TPSA) is 37.5 Å². The van der Waals surface area contributed by atoms with E-state index in [0.717, 1.165) is 47.5 Å². The van der Waals surface area contributed by atoms with Gasteiger partial charge in [0.25, 0.3) is 0 Å². The van der Waals surface area contributed by atoms with Crippen LogP contribution in [0.25, 0.3) is 10.9 Å². The van der Waals surface area contributed by atoms with E-state index in [1.165, 1.54) is 33.3 Å². The quantitative estimate of drug-likeness (QED) is 0.373. The first-order valence-electron chi connectivity index (χ1n) is 11.1. The van der Waals surface area contributed by atoms with Crippen LogP contribution in [0.1, 0.15) is 34.0 Å². The summed E-state index contributed by atoms with van der Waals surface area (Å²) in [5.74, 6) is 1.64. The second-order valence-electron chi connectivity index (χ2n) is 8.69. The van der Waals surface area contributed by atoms with Gasteiger partial charge in [-0.3, -0.25) is 4.90 Å². The molecular formula is C27H25BrN2O2. The van der Waals surface area contributed by atoms with Crippen LogP contribution in [-0.2, 0) is 26.0 Å². The Hall–Kier alpha value is -2.76. The van der Waals surface area contributed by atoms with Crippen LogP contribution < -0.4 is 9.47 Å². The van der Waals surface area contributed by atoms with Crippen molar-refractivity contribution in [2.24, 2.45) is 0 Å². The fourth-order valence-electron chi connectivity index (χ4n) is 5.22. The Balaban J connectivity index is 1.32. The van der Waals surface area contributed by atoms with Gasteiger partial charge in [-0.05, 0) is 65.4 Å². The maximum absolute atomic E-state index is 6.20. The molecule has 0 amide bonds. The molecule has 2 aliphatic heterocycles. The Morgan fingerprint density at radius 1 is 1.06 bits per heavy atom. The average molecular weight is 489 g/mol. The zero-order valence-corrected chi connectivity index (χ0v) is 19.6. The van der Waals surface area contributed by atoms with Gasteiger partial charge in [0.1, 0.15) is 6.61 Å². The highest BCUT2D eigenvalue weighted by Gasteiger charge is 2.34. The molecule has 162 valence electrons. The lowest BCUT2D eigenvalue weighted by atomic mass is 9.85. The third-order valence-corrected chi connectivity index (χ3v) is 7.39. The van der Waals surface area contributed by atoms with E-state index in [4.69, 9.17) is 9.47 Å². The molecule has 5 heteroatoms. The molecule has 1 atom stereocenters. The lowest BCUT2D eigenvalue weighted by Crippen LogP contribution is -2.39. The molecule has 2 aliphatic rings. The van der Waals surface area contributed by atoms with Crippen molar-refractivity contribution in [3.8, 4) is 11.5 Å². The van der Waals surface area contributed by atoms with Crippen LogP contribution >= 0.6 is 15.9 Å². The largest absolute Gasteiger partial charge is 0.493 e. The van der Waals surface area contributed by atoms with Gasteiger partial charge < -0.3 is 14.5 Å². The van der Waals surface area contributed by atoms with Crippen LogP contribution in [0.4, 0.5) is 0 Å². The molecule has 0 saturated heterocycles. The Labute approximate surface area is 196 Å². The highest BCUT2D eigenvalue weighted by molar-refractivity contribution is 9.10. The molecule has 0 bridgehead atoms. The predicted octanol–water partition coefficient (Wildman–Crippen LogP) is 6.17. The molecule has 0 spiro atoms. The normalized spacial score (nSPS) is 17.5. The number of para-hydroxylation sites is 1. The lowest BCUT2D eigenvalue weighted by molar-refractivity contribution is 0.158. The zero-order chi connectivity index (χ0) is 21.7. The van der Waals surface area contributed by atoms with E-state index in [1.54, 1.807) is 7.11 Å². The predicted molar refractivity (Wildman–Crippen MR) is 130 cm³/mol. The summed E-state index contributed by atoms with van der Waals surface area (Å²) in [5, 5.41) is 1.36. The molecule has 4 aromatic rings. The van der Waals surface area contributed by atoms with E-state index in [0.29, 0.717) is 12.6 Å². The first-order valence-corrected chi connectivity index (χ1v) is 11.9. The smallest absolute Gasteiger partial charge is 0.161 e. The molecule has 0 aliphatic carbocycles. The van der Waals surface area contributed by atoms with Gasteiger partial charge in [-0.2, -0.15) is 0 Å². The standard InChI is InChI=1S/C27H25BrN2O2/c1-31-26-14-21-18(12-27(26)32-16-17-6-8-19(28)9-7-17)10-11-30-15-24-22(13-25(21)30)20-4-2-3-5-23(20)29-24/h2-9,12,14,25,29H,10-11,13,15-16H2,1H3. The number of aromatic amines is 1. The molecule has 0 fully saturated rings.